The molecule has 2 atom stereocenters. The van der Waals surface area contributed by atoms with Crippen LogP contribution in [0.15, 0.2) is 54.7 Å². The number of hydrogen-bond acceptors (Lipinski definition) is 1. The van der Waals surface area contributed by atoms with Crippen LogP contribution in [0.3, 0.4) is 0 Å². The average molecular weight is 344 g/mol. The van der Waals surface area contributed by atoms with Crippen molar-refractivity contribution in [3.8, 4) is 0 Å². The highest BCUT2D eigenvalue weighted by Gasteiger charge is 2.34. The fourth-order valence-corrected chi connectivity index (χ4v) is 4.90. The highest BCUT2D eigenvalue weighted by Crippen LogP contribution is 2.35. The van der Waals surface area contributed by atoms with Gasteiger partial charge in [0, 0.05) is 36.9 Å². The van der Waals surface area contributed by atoms with E-state index in [1.54, 1.807) is 0 Å². The van der Waals surface area contributed by atoms with Gasteiger partial charge in [-0.1, -0.05) is 30.3 Å². The summed E-state index contributed by atoms with van der Waals surface area (Å²) in [5.74, 6) is 0.339. The summed E-state index contributed by atoms with van der Waals surface area (Å²) < 4.78 is 2.30. The van der Waals surface area contributed by atoms with E-state index in [2.05, 4.69) is 59.1 Å². The fraction of sp³-hybridized carbons (Fsp3) is 0.348. The lowest BCUT2D eigenvalue weighted by Gasteiger charge is -2.33. The Hall–Kier alpha value is -2.55. The Balaban J connectivity index is 1.40. The number of nitrogens with zero attached hydrogens (tertiary/aromatic N) is 2. The van der Waals surface area contributed by atoms with Crippen LogP contribution < -0.4 is 0 Å². The average Bonchev–Trinajstić information content (AvgIpc) is 3.27. The predicted molar refractivity (Wildman–Crippen MR) is 103 cm³/mol. The van der Waals surface area contributed by atoms with Gasteiger partial charge in [-0.2, -0.15) is 0 Å². The van der Waals surface area contributed by atoms with E-state index in [9.17, 15) is 4.79 Å². The Bertz CT molecular complexity index is 987. The second kappa shape index (κ2) is 6.01. The number of pyridine rings is 1. The van der Waals surface area contributed by atoms with E-state index in [1.807, 2.05) is 11.9 Å². The number of carbonyl (C=O) groups excluding carboxylic acids is 1. The SMILES string of the molecule is CN(C(=O)C1CCc2ccccc21)[C@@H]1CCc2cc3ccccn3c2C1. The van der Waals surface area contributed by atoms with Crippen molar-refractivity contribution in [2.75, 3.05) is 7.05 Å². The van der Waals surface area contributed by atoms with Crippen molar-refractivity contribution < 1.29 is 4.79 Å². The number of carbonyl (C=O) groups is 1. The zero-order valence-corrected chi connectivity index (χ0v) is 15.2. The first-order chi connectivity index (χ1) is 12.7. The third-order valence-corrected chi connectivity index (χ3v) is 6.38. The van der Waals surface area contributed by atoms with E-state index < -0.39 is 0 Å². The summed E-state index contributed by atoms with van der Waals surface area (Å²) in [5.41, 5.74) is 6.68. The van der Waals surface area contributed by atoms with E-state index in [0.29, 0.717) is 11.9 Å². The van der Waals surface area contributed by atoms with Crippen molar-refractivity contribution in [1.82, 2.24) is 9.30 Å². The molecule has 0 spiro atoms. The molecule has 3 aromatic rings. The number of amides is 1. The molecule has 2 aromatic heterocycles. The van der Waals surface area contributed by atoms with Crippen molar-refractivity contribution >= 4 is 11.4 Å². The van der Waals surface area contributed by atoms with Crippen LogP contribution in [0.5, 0.6) is 0 Å². The molecule has 5 rings (SSSR count). The van der Waals surface area contributed by atoms with Crippen LogP contribution in [0.2, 0.25) is 0 Å². The van der Waals surface area contributed by atoms with E-state index in [4.69, 9.17) is 0 Å². The van der Waals surface area contributed by atoms with Crippen molar-refractivity contribution in [3.63, 3.8) is 0 Å². The second-order valence-electron chi connectivity index (χ2n) is 7.75. The monoisotopic (exact) mass is 344 g/mol. The molecule has 2 aliphatic rings. The van der Waals surface area contributed by atoms with Gasteiger partial charge >= 0.3 is 0 Å². The molecule has 1 aromatic carbocycles. The van der Waals surface area contributed by atoms with E-state index in [-0.39, 0.29) is 5.92 Å². The maximum absolute atomic E-state index is 13.2. The number of fused-ring (bicyclic) bond motifs is 4. The van der Waals surface area contributed by atoms with E-state index in [1.165, 1.54) is 27.9 Å². The molecular weight excluding hydrogens is 320 g/mol. The summed E-state index contributed by atoms with van der Waals surface area (Å²) in [5, 5.41) is 0. The Labute approximate surface area is 154 Å². The Morgan fingerprint density at radius 1 is 1.04 bits per heavy atom. The molecule has 132 valence electrons. The molecule has 1 amide bonds. The van der Waals surface area contributed by atoms with Gasteiger partial charge < -0.3 is 9.30 Å². The van der Waals surface area contributed by atoms with Crippen LogP contribution in [0.1, 0.15) is 41.1 Å². The lowest BCUT2D eigenvalue weighted by Crippen LogP contribution is -2.42. The molecular formula is C23H24N2O. The third-order valence-electron chi connectivity index (χ3n) is 6.38. The van der Waals surface area contributed by atoms with Crippen LogP contribution in [-0.2, 0) is 24.1 Å². The van der Waals surface area contributed by atoms with E-state index in [0.717, 1.165) is 32.1 Å². The highest BCUT2D eigenvalue weighted by molar-refractivity contribution is 5.85. The Morgan fingerprint density at radius 2 is 1.85 bits per heavy atom. The first kappa shape index (κ1) is 15.7. The molecule has 0 fully saturated rings. The first-order valence-electron chi connectivity index (χ1n) is 9.64. The number of rotatable bonds is 2. The maximum atomic E-state index is 13.2. The Morgan fingerprint density at radius 3 is 2.77 bits per heavy atom. The van der Waals surface area contributed by atoms with Crippen LogP contribution in [0, 0.1) is 0 Å². The van der Waals surface area contributed by atoms with Crippen LogP contribution in [-0.4, -0.2) is 28.3 Å². The van der Waals surface area contributed by atoms with E-state index >= 15 is 0 Å². The van der Waals surface area contributed by atoms with Gasteiger partial charge in [-0.05, 0) is 60.6 Å². The van der Waals surface area contributed by atoms with Gasteiger partial charge in [-0.15, -0.1) is 0 Å². The molecule has 2 aliphatic carbocycles. The molecule has 1 unspecified atom stereocenters. The van der Waals surface area contributed by atoms with Gasteiger partial charge in [0.25, 0.3) is 0 Å². The smallest absolute Gasteiger partial charge is 0.230 e. The molecule has 0 bridgehead atoms. The van der Waals surface area contributed by atoms with Gasteiger partial charge in [-0.3, -0.25) is 4.79 Å². The van der Waals surface area contributed by atoms with Gasteiger partial charge in [0.15, 0.2) is 0 Å². The molecule has 2 heterocycles. The van der Waals surface area contributed by atoms with Crippen LogP contribution >= 0.6 is 0 Å². The molecule has 3 heteroatoms. The number of likely N-dealkylation sites (N-methyl/N-ethyl adjacent to an activating group) is 1. The second-order valence-corrected chi connectivity index (χ2v) is 7.75. The molecule has 26 heavy (non-hydrogen) atoms. The zero-order chi connectivity index (χ0) is 17.7. The molecule has 0 aliphatic heterocycles. The molecule has 0 N–H and O–H groups in total. The minimum atomic E-state index is 0.0432. The van der Waals surface area contributed by atoms with Gasteiger partial charge in [-0.25, -0.2) is 0 Å². The Kier molecular flexibility index (Phi) is 3.63. The largest absolute Gasteiger partial charge is 0.342 e. The van der Waals surface area contributed by atoms with Crippen molar-refractivity contribution in [2.24, 2.45) is 0 Å². The minimum Gasteiger partial charge on any atom is -0.342 e. The highest BCUT2D eigenvalue weighted by atomic mass is 16.2. The third kappa shape index (κ3) is 2.38. The number of benzene rings is 1. The number of hydrogen-bond donors (Lipinski definition) is 0. The molecule has 0 saturated carbocycles. The quantitative estimate of drug-likeness (QED) is 0.690. The summed E-state index contributed by atoms with van der Waals surface area (Å²) in [6, 6.07) is 17.4. The maximum Gasteiger partial charge on any atom is 0.230 e. The predicted octanol–water partition coefficient (Wildman–Crippen LogP) is 3.99. The summed E-state index contributed by atoms with van der Waals surface area (Å²) in [7, 11) is 2.01. The standard InChI is InChI=1S/C23H24N2O/c1-24(23(26)21-12-10-16-6-2-3-8-20(16)21)18-11-9-17-14-19-7-4-5-13-25(19)22(17)15-18/h2-8,13-14,18,21H,9-12,15H2,1H3/t18-,21?/m1/s1. The van der Waals surface area contributed by atoms with Gasteiger partial charge in [0.1, 0.15) is 0 Å². The molecule has 0 radical (unpaired) electrons. The zero-order valence-electron chi connectivity index (χ0n) is 15.2. The summed E-state index contributed by atoms with van der Waals surface area (Å²) >= 11 is 0. The summed E-state index contributed by atoms with van der Waals surface area (Å²) in [6.45, 7) is 0. The lowest BCUT2D eigenvalue weighted by atomic mass is 9.91. The van der Waals surface area contributed by atoms with Gasteiger partial charge in [0.2, 0.25) is 5.91 Å². The topological polar surface area (TPSA) is 24.7 Å². The molecule has 3 nitrogen and oxygen atoms in total. The number of aromatic nitrogens is 1. The number of aryl methyl sites for hydroxylation is 2. The lowest BCUT2D eigenvalue weighted by molar-refractivity contribution is -0.133. The summed E-state index contributed by atoms with van der Waals surface area (Å²) in [6.07, 6.45) is 7.18. The van der Waals surface area contributed by atoms with Crippen molar-refractivity contribution in [1.29, 1.82) is 0 Å². The van der Waals surface area contributed by atoms with Crippen molar-refractivity contribution in [3.05, 3.63) is 77.1 Å². The first-order valence-corrected chi connectivity index (χ1v) is 9.64. The van der Waals surface area contributed by atoms with Crippen LogP contribution in [0.4, 0.5) is 0 Å². The van der Waals surface area contributed by atoms with Crippen molar-refractivity contribution in [2.45, 2.75) is 44.1 Å². The van der Waals surface area contributed by atoms with Gasteiger partial charge in [0.05, 0.1) is 5.92 Å². The minimum absolute atomic E-state index is 0.0432. The van der Waals surface area contributed by atoms with Crippen LogP contribution in [0.25, 0.3) is 5.52 Å². The normalized spacial score (nSPS) is 21.4. The molecule has 0 saturated heterocycles. The fourth-order valence-electron chi connectivity index (χ4n) is 4.90. The summed E-state index contributed by atoms with van der Waals surface area (Å²) in [4.78, 5) is 15.3.